The molecule has 1 aliphatic heterocycles. The standard InChI is InChI=1S/C43H52N8O5S/c44-19-9-8-15-34(39(45)52)48-41(54)35(22-27-10-2-1-3-11-27)50-42(55)36(23-29-25-47-33-14-6-4-12-31(29)33)51-43(56)37(49-40(53)28-17-20-46-21-18-28)24-30-26-57-38-16-7-5-13-32(30)38/h1-7,10-14,16,25-26,28,34-37,46-47H,8-9,15,17-24,44H2,(H2,45,52)(H,48,54)(H,49,53)(H,50,55)(H,51,56)/t34-,35-,36+,37+/m0/s1. The minimum atomic E-state index is -1.16. The zero-order valence-electron chi connectivity index (χ0n) is 31.9. The highest BCUT2D eigenvalue weighted by molar-refractivity contribution is 7.17. The molecule has 10 N–H and O–H groups in total. The number of nitrogens with one attached hydrogen (secondary N) is 6. The molecular formula is C43H52N8O5S. The monoisotopic (exact) mass is 792 g/mol. The summed E-state index contributed by atoms with van der Waals surface area (Å²) < 4.78 is 1.06. The van der Waals surface area contributed by atoms with Crippen LogP contribution in [0, 0.1) is 5.92 Å². The van der Waals surface area contributed by atoms with E-state index in [1.165, 1.54) is 0 Å². The Bertz CT molecular complexity index is 2150. The van der Waals surface area contributed by atoms with Crippen LogP contribution < -0.4 is 38.1 Å². The van der Waals surface area contributed by atoms with Crippen molar-refractivity contribution in [1.82, 2.24) is 31.6 Å². The Morgan fingerprint density at radius 2 is 1.28 bits per heavy atom. The minimum Gasteiger partial charge on any atom is -0.368 e. The second kappa shape index (κ2) is 20.0. The van der Waals surface area contributed by atoms with E-state index < -0.39 is 47.8 Å². The van der Waals surface area contributed by atoms with Crippen LogP contribution in [0.5, 0.6) is 0 Å². The van der Waals surface area contributed by atoms with Gasteiger partial charge in [-0.15, -0.1) is 11.3 Å². The molecule has 57 heavy (non-hydrogen) atoms. The molecule has 6 rings (SSSR count). The first-order chi connectivity index (χ1) is 27.7. The topological polar surface area (TPSA) is 213 Å². The molecule has 1 fully saturated rings. The van der Waals surface area contributed by atoms with Gasteiger partial charge in [0.25, 0.3) is 0 Å². The Hall–Kier alpha value is -5.57. The van der Waals surface area contributed by atoms with Crippen molar-refractivity contribution in [3.8, 4) is 0 Å². The summed E-state index contributed by atoms with van der Waals surface area (Å²) in [6.45, 7) is 1.85. The number of aromatic nitrogens is 1. The third kappa shape index (κ3) is 11.1. The number of nitrogens with two attached hydrogens (primary N) is 2. The quantitative estimate of drug-likeness (QED) is 0.0585. The molecule has 1 aliphatic rings. The third-order valence-electron chi connectivity index (χ3n) is 10.6. The predicted octanol–water partition coefficient (Wildman–Crippen LogP) is 2.96. The normalized spacial score (nSPS) is 15.3. The number of hydrogen-bond acceptors (Lipinski definition) is 8. The van der Waals surface area contributed by atoms with Crippen molar-refractivity contribution in [3.63, 3.8) is 0 Å². The van der Waals surface area contributed by atoms with Gasteiger partial charge in [0.1, 0.15) is 24.2 Å². The van der Waals surface area contributed by atoms with E-state index in [1.54, 1.807) is 17.5 Å². The lowest BCUT2D eigenvalue weighted by Gasteiger charge is -2.28. The first-order valence-corrected chi connectivity index (χ1v) is 20.5. The summed E-state index contributed by atoms with van der Waals surface area (Å²) in [5.74, 6) is -2.85. The van der Waals surface area contributed by atoms with Crippen molar-refractivity contribution in [2.24, 2.45) is 17.4 Å². The fourth-order valence-electron chi connectivity index (χ4n) is 7.38. The van der Waals surface area contributed by atoms with E-state index in [1.807, 2.05) is 84.2 Å². The average molecular weight is 793 g/mol. The summed E-state index contributed by atoms with van der Waals surface area (Å²) in [4.78, 5) is 72.3. The molecule has 13 nitrogen and oxygen atoms in total. The first-order valence-electron chi connectivity index (χ1n) is 19.7. The van der Waals surface area contributed by atoms with Gasteiger partial charge in [-0.1, -0.05) is 66.7 Å². The van der Waals surface area contributed by atoms with Crippen LogP contribution in [0.25, 0.3) is 21.0 Å². The number of rotatable bonds is 19. The van der Waals surface area contributed by atoms with E-state index >= 15 is 0 Å². The maximum atomic E-state index is 14.5. The first kappa shape index (κ1) is 41.1. The molecule has 0 radical (unpaired) electrons. The van der Waals surface area contributed by atoms with Crippen LogP contribution in [0.3, 0.4) is 0 Å². The number of unbranched alkanes of at least 4 members (excludes halogenated alkanes) is 1. The number of para-hydroxylation sites is 1. The highest BCUT2D eigenvalue weighted by Gasteiger charge is 2.33. The molecule has 0 spiro atoms. The smallest absolute Gasteiger partial charge is 0.243 e. The second-order valence-corrected chi connectivity index (χ2v) is 15.6. The molecular weight excluding hydrogens is 741 g/mol. The van der Waals surface area contributed by atoms with Crippen LogP contribution in [0.1, 0.15) is 48.8 Å². The summed E-state index contributed by atoms with van der Waals surface area (Å²) in [5.41, 5.74) is 14.7. The van der Waals surface area contributed by atoms with Crippen LogP contribution in [0.4, 0.5) is 0 Å². The average Bonchev–Trinajstić information content (AvgIpc) is 3.84. The molecule has 5 aromatic rings. The van der Waals surface area contributed by atoms with E-state index in [9.17, 15) is 24.0 Å². The minimum absolute atomic E-state index is 0.0839. The van der Waals surface area contributed by atoms with Gasteiger partial charge in [-0.2, -0.15) is 0 Å². The van der Waals surface area contributed by atoms with Crippen molar-refractivity contribution >= 4 is 61.9 Å². The SMILES string of the molecule is NCCCC[C@H](NC(=O)[C@H](Cc1ccccc1)NC(=O)[C@@H](Cc1c[nH]c2ccccc12)NC(=O)[C@@H](Cc1csc2ccccc12)NC(=O)C1CCNCC1)C(N)=O. The van der Waals surface area contributed by atoms with E-state index in [-0.39, 0.29) is 31.1 Å². The zero-order valence-corrected chi connectivity index (χ0v) is 32.7. The largest absolute Gasteiger partial charge is 0.368 e. The number of fused-ring (bicyclic) bond motifs is 2. The molecule has 3 heterocycles. The van der Waals surface area contributed by atoms with E-state index in [0.717, 1.165) is 37.7 Å². The molecule has 0 aliphatic carbocycles. The predicted molar refractivity (Wildman–Crippen MR) is 223 cm³/mol. The molecule has 0 saturated carbocycles. The summed E-state index contributed by atoms with van der Waals surface area (Å²) in [7, 11) is 0. The molecule has 0 bridgehead atoms. The summed E-state index contributed by atoms with van der Waals surface area (Å²) >= 11 is 1.57. The van der Waals surface area contributed by atoms with Gasteiger partial charge >= 0.3 is 0 Å². The second-order valence-electron chi connectivity index (χ2n) is 14.7. The lowest BCUT2D eigenvalue weighted by atomic mass is 9.96. The van der Waals surface area contributed by atoms with Crippen molar-refractivity contribution < 1.29 is 24.0 Å². The van der Waals surface area contributed by atoms with Gasteiger partial charge in [0, 0.05) is 47.0 Å². The number of carbonyl (C=O) groups excluding carboxylic acids is 5. The molecule has 2 aromatic heterocycles. The van der Waals surface area contributed by atoms with Gasteiger partial charge in [0.05, 0.1) is 0 Å². The van der Waals surface area contributed by atoms with Crippen LogP contribution in [0.2, 0.25) is 0 Å². The highest BCUT2D eigenvalue weighted by atomic mass is 32.1. The number of carbonyl (C=O) groups is 5. The zero-order chi connectivity index (χ0) is 40.1. The van der Waals surface area contributed by atoms with Gasteiger partial charge in [-0.3, -0.25) is 24.0 Å². The Morgan fingerprint density at radius 1 is 0.684 bits per heavy atom. The van der Waals surface area contributed by atoms with Gasteiger partial charge < -0.3 is 43.0 Å². The van der Waals surface area contributed by atoms with Crippen LogP contribution in [-0.4, -0.2) is 78.3 Å². The number of benzene rings is 3. The Kier molecular flexibility index (Phi) is 14.4. The lowest BCUT2D eigenvalue weighted by Crippen LogP contribution is -2.59. The summed E-state index contributed by atoms with van der Waals surface area (Å²) in [6.07, 6.45) is 5.05. The fourth-order valence-corrected chi connectivity index (χ4v) is 8.35. The summed E-state index contributed by atoms with van der Waals surface area (Å²) in [5, 5.41) is 18.8. The maximum absolute atomic E-state index is 14.5. The number of amides is 5. The van der Waals surface area contributed by atoms with Crippen molar-refractivity contribution in [3.05, 3.63) is 107 Å². The van der Waals surface area contributed by atoms with Crippen molar-refractivity contribution in [1.29, 1.82) is 0 Å². The van der Waals surface area contributed by atoms with E-state index in [2.05, 4.69) is 31.6 Å². The van der Waals surface area contributed by atoms with Crippen LogP contribution in [-0.2, 0) is 43.2 Å². The number of H-pyrrole nitrogens is 1. The van der Waals surface area contributed by atoms with Gasteiger partial charge in [0.15, 0.2) is 0 Å². The molecule has 5 amide bonds. The molecule has 14 heteroatoms. The third-order valence-corrected chi connectivity index (χ3v) is 11.6. The maximum Gasteiger partial charge on any atom is 0.243 e. The molecule has 1 saturated heterocycles. The Balaban J connectivity index is 1.29. The number of thiophene rings is 1. The van der Waals surface area contributed by atoms with Crippen LogP contribution in [0.15, 0.2) is 90.4 Å². The Morgan fingerprint density at radius 3 is 1.98 bits per heavy atom. The molecule has 4 atom stereocenters. The molecule has 0 unspecified atom stereocenters. The van der Waals surface area contributed by atoms with Gasteiger partial charge in [-0.25, -0.2) is 0 Å². The molecule has 300 valence electrons. The van der Waals surface area contributed by atoms with Gasteiger partial charge in [0.2, 0.25) is 29.5 Å². The Labute approximate surface area is 336 Å². The fraction of sp³-hybridized carbons (Fsp3) is 0.372. The van der Waals surface area contributed by atoms with Crippen LogP contribution >= 0.6 is 11.3 Å². The number of piperidine rings is 1. The highest BCUT2D eigenvalue weighted by Crippen LogP contribution is 2.27. The van der Waals surface area contributed by atoms with Crippen molar-refractivity contribution in [2.45, 2.75) is 75.5 Å². The number of primary amides is 1. The molecule has 3 aromatic carbocycles. The van der Waals surface area contributed by atoms with E-state index in [0.29, 0.717) is 51.7 Å². The summed E-state index contributed by atoms with van der Waals surface area (Å²) in [6, 6.07) is 20.5. The van der Waals surface area contributed by atoms with Gasteiger partial charge in [-0.05, 0) is 91.3 Å². The van der Waals surface area contributed by atoms with Crippen molar-refractivity contribution in [2.75, 3.05) is 19.6 Å². The number of aromatic amines is 1. The van der Waals surface area contributed by atoms with E-state index in [4.69, 9.17) is 11.5 Å². The number of hydrogen-bond donors (Lipinski definition) is 8. The lowest BCUT2D eigenvalue weighted by molar-refractivity contribution is -0.135.